The second-order valence-electron chi connectivity index (χ2n) is 5.68. The number of carbonyl (C=O) groups excluding carboxylic acids is 1. The smallest absolute Gasteiger partial charge is 0.331 e. The molecule has 32 heavy (non-hydrogen) atoms. The lowest BCUT2D eigenvalue weighted by Gasteiger charge is -2.53. The van der Waals surface area contributed by atoms with Gasteiger partial charge in [-0.05, 0) is 0 Å². The summed E-state index contributed by atoms with van der Waals surface area (Å²) in [6, 6.07) is 0. The molecule has 0 aliphatic carbocycles. The summed E-state index contributed by atoms with van der Waals surface area (Å²) in [5, 5.41) is -3.01. The lowest BCUT2D eigenvalue weighted by Crippen LogP contribution is -2.69. The minimum Gasteiger partial charge on any atom is -0.439 e. The van der Waals surface area contributed by atoms with Crippen molar-refractivity contribution in [2.45, 2.75) is 47.2 Å². The predicted molar refractivity (Wildman–Crippen MR) is 147 cm³/mol. The van der Waals surface area contributed by atoms with Gasteiger partial charge in [0.25, 0.3) is 0 Å². The van der Waals surface area contributed by atoms with E-state index in [4.69, 9.17) is 202 Å². The van der Waals surface area contributed by atoms with Crippen molar-refractivity contribution in [2.75, 3.05) is 0 Å². The molecule has 3 atom stereocenters. The number of carbonyl (C=O) groups is 1. The molecule has 0 saturated carbocycles. The Kier molecular flexibility index (Phi) is 14.2. The Hall–Kier alpha value is 4.14. The summed E-state index contributed by atoms with van der Waals surface area (Å²) in [4.78, 5) is 10.1. The van der Waals surface area contributed by atoms with Crippen LogP contribution in [0.4, 0.5) is 0 Å². The van der Waals surface area contributed by atoms with Gasteiger partial charge in [0.15, 0.2) is 21.7 Å². The number of esters is 1. The second kappa shape index (κ2) is 12.5. The molecular weight excluding hydrogens is 791 g/mol. The number of hydrogen-bond acceptors (Lipinski definition) is 2. The Morgan fingerprint density at radius 2 is 1.00 bits per heavy atom. The van der Waals surface area contributed by atoms with Crippen LogP contribution in [0.5, 0.6) is 0 Å². The first kappa shape index (κ1) is 36.1. The number of alkyl halides is 17. The maximum Gasteiger partial charge on any atom is 0.331 e. The van der Waals surface area contributed by atoms with Gasteiger partial charge in [-0.25, -0.2) is 4.79 Å². The molecule has 0 fully saturated rings. The van der Waals surface area contributed by atoms with E-state index in [2.05, 4.69) is 6.58 Å². The van der Waals surface area contributed by atoms with Crippen LogP contribution >= 0.6 is 197 Å². The molecule has 190 valence electrons. The van der Waals surface area contributed by atoms with Gasteiger partial charge in [-0.1, -0.05) is 157 Å². The molecule has 0 bridgehead atoms. The van der Waals surface area contributed by atoms with Crippen LogP contribution < -0.4 is 0 Å². The van der Waals surface area contributed by atoms with Crippen LogP contribution in [0, 0.1) is 0 Å². The quantitative estimate of drug-likeness (QED) is 0.118. The first-order chi connectivity index (χ1) is 13.9. The molecule has 0 radical (unpaired) electrons. The largest absolute Gasteiger partial charge is 0.439 e. The third-order valence-corrected chi connectivity index (χ3v) is 15.0. The van der Waals surface area contributed by atoms with Crippen LogP contribution in [0.2, 0.25) is 0 Å². The van der Waals surface area contributed by atoms with Crippen molar-refractivity contribution < 1.29 is 9.53 Å². The van der Waals surface area contributed by atoms with Crippen LogP contribution in [-0.2, 0) is 9.53 Å². The van der Waals surface area contributed by atoms with Gasteiger partial charge in [0.1, 0.15) is 4.84 Å². The van der Waals surface area contributed by atoms with Gasteiger partial charge < -0.3 is 4.74 Å². The van der Waals surface area contributed by atoms with Gasteiger partial charge in [-0.2, -0.15) is 0 Å². The van der Waals surface area contributed by atoms with Crippen molar-refractivity contribution in [1.82, 2.24) is 0 Å². The molecule has 0 rings (SSSR count). The normalized spacial score (nSPS) is 17.7. The van der Waals surface area contributed by atoms with Gasteiger partial charge in [-0.3, -0.25) is 0 Å². The minimum absolute atomic E-state index is 0.730. The second-order valence-corrected chi connectivity index (χ2v) is 16.3. The van der Waals surface area contributed by atoms with Gasteiger partial charge in [0.05, 0.1) is 10.8 Å². The maximum absolute atomic E-state index is 11.5. The molecule has 0 saturated heterocycles. The summed E-state index contributed by atoms with van der Waals surface area (Å²) in [7, 11) is 0. The van der Waals surface area contributed by atoms with E-state index in [1.165, 1.54) is 0 Å². The average molecular weight is 798 g/mol. The van der Waals surface area contributed by atoms with Crippen molar-refractivity contribution >= 4 is 203 Å². The molecule has 0 aromatic carbocycles. The van der Waals surface area contributed by atoms with Gasteiger partial charge >= 0.3 is 5.97 Å². The van der Waals surface area contributed by atoms with Crippen LogP contribution in [0.3, 0.4) is 0 Å². The fourth-order valence-electron chi connectivity index (χ4n) is 1.68. The Bertz CT molecular complexity index is 688. The van der Waals surface area contributed by atoms with Crippen LogP contribution in [-0.4, -0.2) is 53.1 Å². The number of hydrogen-bond donors (Lipinski definition) is 0. The summed E-state index contributed by atoms with van der Waals surface area (Å²) >= 11 is 104. The van der Waals surface area contributed by atoms with Crippen LogP contribution in [0.25, 0.3) is 0 Å². The molecule has 19 heteroatoms. The number of halogens is 17. The van der Waals surface area contributed by atoms with E-state index in [-0.39, 0.29) is 0 Å². The fourth-order valence-corrected chi connectivity index (χ4v) is 7.09. The number of ether oxygens (including phenoxy) is 1. The maximum atomic E-state index is 11.5. The van der Waals surface area contributed by atoms with Crippen LogP contribution in [0.1, 0.15) is 0 Å². The topological polar surface area (TPSA) is 26.3 Å². The summed E-state index contributed by atoms with van der Waals surface area (Å²) in [5.74, 6) is -1.07. The molecular formula is C13H7Cl17O2. The molecule has 0 aliphatic rings. The number of rotatable bonds is 11. The fraction of sp³-hybridized carbons (Fsp3) is 0.769. The van der Waals surface area contributed by atoms with Gasteiger partial charge in [0.2, 0.25) is 9.90 Å². The van der Waals surface area contributed by atoms with Gasteiger partial charge in [0, 0.05) is 6.08 Å². The molecule has 0 aliphatic heterocycles. The third kappa shape index (κ3) is 6.64. The van der Waals surface area contributed by atoms with E-state index in [0.29, 0.717) is 0 Å². The molecule has 3 unspecified atom stereocenters. The van der Waals surface area contributed by atoms with Crippen molar-refractivity contribution in [3.63, 3.8) is 0 Å². The molecule has 0 aromatic rings. The molecule has 0 amide bonds. The Morgan fingerprint density at radius 3 is 1.31 bits per heavy atom. The van der Waals surface area contributed by atoms with E-state index >= 15 is 0 Å². The lowest BCUT2D eigenvalue weighted by molar-refractivity contribution is -0.140. The monoisotopic (exact) mass is 790 g/mol. The summed E-state index contributed by atoms with van der Waals surface area (Å²) in [6.45, 7) is 3.16. The zero-order chi connectivity index (χ0) is 26.3. The first-order valence-corrected chi connectivity index (χ1v) is 13.9. The molecule has 0 spiro atoms. The highest BCUT2D eigenvalue weighted by atomic mass is 35.6. The zero-order valence-electron chi connectivity index (χ0n) is 14.3. The Morgan fingerprint density at radius 1 is 0.656 bits per heavy atom. The lowest BCUT2D eigenvalue weighted by atomic mass is 10.0. The molecule has 0 heterocycles. The third-order valence-electron chi connectivity index (χ3n) is 3.56. The summed E-state index contributed by atoms with van der Waals surface area (Å²) in [5.41, 5.74) is -2.01. The van der Waals surface area contributed by atoms with E-state index in [1.54, 1.807) is 0 Å². The minimum atomic E-state index is -3.01. The molecule has 2 nitrogen and oxygen atoms in total. The summed E-state index contributed by atoms with van der Waals surface area (Å²) in [6.07, 6.45) is 0.730. The van der Waals surface area contributed by atoms with Gasteiger partial charge in [-0.15, -0.1) is 46.4 Å². The van der Waals surface area contributed by atoms with Crippen molar-refractivity contribution in [3.05, 3.63) is 12.7 Å². The Labute approximate surface area is 269 Å². The van der Waals surface area contributed by atoms with Crippen LogP contribution in [0.15, 0.2) is 12.7 Å². The molecule has 0 N–H and O–H groups in total. The van der Waals surface area contributed by atoms with E-state index in [9.17, 15) is 4.79 Å². The highest BCUT2D eigenvalue weighted by Crippen LogP contribution is 2.70. The Balaban J connectivity index is 6.51. The summed E-state index contributed by atoms with van der Waals surface area (Å²) < 4.78 is -12.5. The van der Waals surface area contributed by atoms with Crippen molar-refractivity contribution in [1.29, 1.82) is 0 Å². The van der Waals surface area contributed by atoms with E-state index in [0.717, 1.165) is 6.08 Å². The molecule has 0 aromatic heterocycles. The standard InChI is InChI=1S/C13H7Cl17O2/c1-2-3(31)32-7(18)9(21,22)11(25,26)13(29,30)12(27,28)10(23,24)8(19,20)5(15)4(14)6(16)17/h2,4-7H,1H2. The predicted octanol–water partition coefficient (Wildman–Crippen LogP) is 10.3. The van der Waals surface area contributed by atoms with Crippen molar-refractivity contribution in [2.24, 2.45) is 0 Å². The highest BCUT2D eigenvalue weighted by Gasteiger charge is 2.79. The highest BCUT2D eigenvalue weighted by molar-refractivity contribution is 6.79. The SMILES string of the molecule is C=CC(=O)OC(Cl)C(Cl)(Cl)C(Cl)(Cl)C(Cl)(Cl)C(Cl)(Cl)C(Cl)(Cl)C(Cl)(Cl)C(Cl)C(Cl)C(Cl)Cl. The zero-order valence-corrected chi connectivity index (χ0v) is 27.2. The van der Waals surface area contributed by atoms with E-state index in [1.807, 2.05) is 0 Å². The van der Waals surface area contributed by atoms with Crippen molar-refractivity contribution in [3.8, 4) is 0 Å². The van der Waals surface area contributed by atoms with E-state index < -0.39 is 53.1 Å². The average Bonchev–Trinajstić information content (AvgIpc) is 2.65. The first-order valence-electron chi connectivity index (χ1n) is 7.19.